The van der Waals surface area contributed by atoms with E-state index in [-0.39, 0.29) is 11.9 Å². The number of nitrogens with two attached hydrogens (primary N) is 1. The summed E-state index contributed by atoms with van der Waals surface area (Å²) in [5.74, 6) is -0.324. The summed E-state index contributed by atoms with van der Waals surface area (Å²) in [4.78, 5) is 6.46. The Morgan fingerprint density at radius 3 is 3.11 bits per heavy atom. The Labute approximate surface area is 113 Å². The lowest BCUT2D eigenvalue weighted by Gasteiger charge is -2.35. The first-order valence-electron chi connectivity index (χ1n) is 6.89. The Morgan fingerprint density at radius 2 is 2.42 bits per heavy atom. The average Bonchev–Trinajstić information content (AvgIpc) is 2.45. The van der Waals surface area contributed by atoms with Gasteiger partial charge in [-0.25, -0.2) is 4.39 Å². The van der Waals surface area contributed by atoms with E-state index in [4.69, 9.17) is 10.5 Å². The second-order valence-corrected chi connectivity index (χ2v) is 4.97. The molecule has 0 radical (unpaired) electrons. The maximum absolute atomic E-state index is 12.8. The molecule has 4 nitrogen and oxygen atoms in total. The van der Waals surface area contributed by atoms with Gasteiger partial charge >= 0.3 is 0 Å². The number of hydrogen-bond donors (Lipinski definition) is 1. The van der Waals surface area contributed by atoms with Crippen LogP contribution < -0.4 is 5.73 Å². The van der Waals surface area contributed by atoms with Crippen LogP contribution in [0.15, 0.2) is 18.3 Å². The van der Waals surface area contributed by atoms with Gasteiger partial charge in [0.05, 0.1) is 25.1 Å². The van der Waals surface area contributed by atoms with Crippen molar-refractivity contribution in [1.82, 2.24) is 9.88 Å². The number of morpholine rings is 1. The number of aromatic nitrogens is 1. The number of ether oxygens (including phenoxy) is 1. The van der Waals surface area contributed by atoms with Gasteiger partial charge in [-0.15, -0.1) is 0 Å². The molecule has 1 aliphatic heterocycles. The molecule has 106 valence electrons. The van der Waals surface area contributed by atoms with Crippen molar-refractivity contribution in [2.75, 3.05) is 26.3 Å². The molecule has 2 rings (SSSR count). The Bertz CT molecular complexity index is 385. The molecule has 0 saturated carbocycles. The molecule has 2 N–H and O–H groups in total. The molecule has 0 aliphatic carbocycles. The van der Waals surface area contributed by atoms with E-state index in [1.165, 1.54) is 12.3 Å². The summed E-state index contributed by atoms with van der Waals surface area (Å²) in [6, 6.07) is 3.42. The summed E-state index contributed by atoms with van der Waals surface area (Å²) < 4.78 is 18.3. The van der Waals surface area contributed by atoms with Crippen LogP contribution in [-0.2, 0) is 4.74 Å². The number of nitrogens with zero attached hydrogens (tertiary/aromatic N) is 2. The Morgan fingerprint density at radius 1 is 1.58 bits per heavy atom. The van der Waals surface area contributed by atoms with Gasteiger partial charge in [-0.05, 0) is 25.0 Å². The van der Waals surface area contributed by atoms with Crippen molar-refractivity contribution in [3.8, 4) is 0 Å². The van der Waals surface area contributed by atoms with Crippen LogP contribution in [0.4, 0.5) is 4.39 Å². The minimum Gasteiger partial charge on any atom is -0.378 e. The van der Waals surface area contributed by atoms with Gasteiger partial charge in [0.2, 0.25) is 0 Å². The number of hydrogen-bond acceptors (Lipinski definition) is 4. The third-order valence-corrected chi connectivity index (χ3v) is 3.68. The SMILES string of the molecule is CCC1COCCN1CCC(N)c1ccc(F)cn1. The summed E-state index contributed by atoms with van der Waals surface area (Å²) >= 11 is 0. The molecular weight excluding hydrogens is 245 g/mol. The van der Waals surface area contributed by atoms with Crippen LogP contribution in [0.2, 0.25) is 0 Å². The Kier molecular flexibility index (Phi) is 5.24. The highest BCUT2D eigenvalue weighted by Gasteiger charge is 2.21. The third kappa shape index (κ3) is 3.96. The lowest BCUT2D eigenvalue weighted by molar-refractivity contribution is -0.00968. The van der Waals surface area contributed by atoms with Gasteiger partial charge in [-0.1, -0.05) is 6.92 Å². The second kappa shape index (κ2) is 6.93. The largest absolute Gasteiger partial charge is 0.378 e. The van der Waals surface area contributed by atoms with Gasteiger partial charge in [-0.3, -0.25) is 9.88 Å². The van der Waals surface area contributed by atoms with E-state index >= 15 is 0 Å². The van der Waals surface area contributed by atoms with Gasteiger partial charge in [-0.2, -0.15) is 0 Å². The van der Waals surface area contributed by atoms with Crippen molar-refractivity contribution in [3.05, 3.63) is 29.8 Å². The predicted octanol–water partition coefficient (Wildman–Crippen LogP) is 1.72. The molecule has 2 unspecified atom stereocenters. The van der Waals surface area contributed by atoms with Gasteiger partial charge in [0.15, 0.2) is 0 Å². The molecule has 2 heterocycles. The first-order chi connectivity index (χ1) is 9.20. The van der Waals surface area contributed by atoms with E-state index in [1.54, 1.807) is 6.07 Å². The topological polar surface area (TPSA) is 51.4 Å². The summed E-state index contributed by atoms with van der Waals surface area (Å²) in [6.07, 6.45) is 3.14. The maximum Gasteiger partial charge on any atom is 0.141 e. The number of halogens is 1. The molecular formula is C14H22FN3O. The molecule has 1 fully saturated rings. The molecule has 0 amide bonds. The normalized spacial score (nSPS) is 22.4. The van der Waals surface area contributed by atoms with E-state index in [1.807, 2.05) is 0 Å². The van der Waals surface area contributed by atoms with E-state index in [0.717, 1.165) is 44.8 Å². The van der Waals surface area contributed by atoms with Crippen molar-refractivity contribution in [1.29, 1.82) is 0 Å². The zero-order chi connectivity index (χ0) is 13.7. The van der Waals surface area contributed by atoms with Crippen LogP contribution in [-0.4, -0.2) is 42.2 Å². The first kappa shape index (κ1) is 14.4. The van der Waals surface area contributed by atoms with Crippen LogP contribution in [0.1, 0.15) is 31.5 Å². The molecule has 1 aromatic rings. The zero-order valence-corrected chi connectivity index (χ0v) is 11.4. The van der Waals surface area contributed by atoms with E-state index in [2.05, 4.69) is 16.8 Å². The molecule has 0 bridgehead atoms. The van der Waals surface area contributed by atoms with Crippen molar-refractivity contribution >= 4 is 0 Å². The van der Waals surface area contributed by atoms with Gasteiger partial charge < -0.3 is 10.5 Å². The first-order valence-corrected chi connectivity index (χ1v) is 6.89. The third-order valence-electron chi connectivity index (χ3n) is 3.68. The zero-order valence-electron chi connectivity index (χ0n) is 11.4. The summed E-state index contributed by atoms with van der Waals surface area (Å²) in [5, 5.41) is 0. The number of pyridine rings is 1. The Balaban J connectivity index is 1.85. The van der Waals surface area contributed by atoms with Crippen molar-refractivity contribution in [3.63, 3.8) is 0 Å². The quantitative estimate of drug-likeness (QED) is 0.882. The minimum atomic E-state index is -0.324. The fraction of sp³-hybridized carbons (Fsp3) is 0.643. The van der Waals surface area contributed by atoms with Gasteiger partial charge in [0, 0.05) is 25.2 Å². The molecule has 2 atom stereocenters. The number of rotatable bonds is 5. The molecule has 1 aromatic heterocycles. The lowest BCUT2D eigenvalue weighted by atomic mass is 10.1. The fourth-order valence-electron chi connectivity index (χ4n) is 2.42. The van der Waals surface area contributed by atoms with Crippen molar-refractivity contribution < 1.29 is 9.13 Å². The summed E-state index contributed by atoms with van der Waals surface area (Å²) in [5.41, 5.74) is 6.86. The van der Waals surface area contributed by atoms with E-state index in [0.29, 0.717) is 6.04 Å². The lowest BCUT2D eigenvalue weighted by Crippen LogP contribution is -2.45. The highest BCUT2D eigenvalue weighted by Crippen LogP contribution is 2.16. The molecule has 1 aliphatic rings. The average molecular weight is 267 g/mol. The van der Waals surface area contributed by atoms with E-state index in [9.17, 15) is 4.39 Å². The van der Waals surface area contributed by atoms with Crippen LogP contribution in [0.3, 0.4) is 0 Å². The molecule has 5 heteroatoms. The smallest absolute Gasteiger partial charge is 0.141 e. The molecule has 0 aromatic carbocycles. The van der Waals surface area contributed by atoms with E-state index < -0.39 is 0 Å². The minimum absolute atomic E-state index is 0.138. The second-order valence-electron chi connectivity index (χ2n) is 4.97. The van der Waals surface area contributed by atoms with Crippen LogP contribution in [0, 0.1) is 5.82 Å². The Hall–Kier alpha value is -1.04. The molecule has 19 heavy (non-hydrogen) atoms. The summed E-state index contributed by atoms with van der Waals surface area (Å²) in [7, 11) is 0. The van der Waals surface area contributed by atoms with Crippen LogP contribution in [0.5, 0.6) is 0 Å². The van der Waals surface area contributed by atoms with Crippen molar-refractivity contribution in [2.45, 2.75) is 31.8 Å². The molecule has 1 saturated heterocycles. The standard InChI is InChI=1S/C14H22FN3O/c1-2-12-10-19-8-7-18(12)6-5-13(16)14-4-3-11(15)9-17-14/h3-4,9,12-13H,2,5-8,10,16H2,1H3. The molecule has 0 spiro atoms. The highest BCUT2D eigenvalue weighted by atomic mass is 19.1. The van der Waals surface area contributed by atoms with Crippen LogP contribution >= 0.6 is 0 Å². The fourth-order valence-corrected chi connectivity index (χ4v) is 2.42. The van der Waals surface area contributed by atoms with Crippen molar-refractivity contribution in [2.24, 2.45) is 5.73 Å². The maximum atomic E-state index is 12.8. The highest BCUT2D eigenvalue weighted by molar-refractivity contribution is 5.09. The van der Waals surface area contributed by atoms with Gasteiger partial charge in [0.1, 0.15) is 5.82 Å². The summed E-state index contributed by atoms with van der Waals surface area (Å²) in [6.45, 7) is 5.67. The van der Waals surface area contributed by atoms with Gasteiger partial charge in [0.25, 0.3) is 0 Å². The monoisotopic (exact) mass is 267 g/mol. The van der Waals surface area contributed by atoms with Crippen LogP contribution in [0.25, 0.3) is 0 Å². The predicted molar refractivity (Wildman–Crippen MR) is 72.2 cm³/mol.